The largest absolute Gasteiger partial charge is 0.274 e. The molecule has 0 aliphatic heterocycles. The molecular formula is C9H5ClN2O. The average molecular weight is 193 g/mol. The van der Waals surface area contributed by atoms with Crippen LogP contribution in [-0.4, -0.2) is 15.2 Å². The summed E-state index contributed by atoms with van der Waals surface area (Å²) in [5.41, 5.74) is 1.68. The summed E-state index contributed by atoms with van der Waals surface area (Å²) in [6, 6.07) is 6.83. The zero-order chi connectivity index (χ0) is 9.26. The first-order chi connectivity index (χ1) is 6.27. The predicted molar refractivity (Wildman–Crippen MR) is 49.7 cm³/mol. The van der Waals surface area contributed by atoms with Crippen LogP contribution in [0.25, 0.3) is 11.0 Å². The topological polar surface area (TPSA) is 42.9 Å². The second-order valence-corrected chi connectivity index (χ2v) is 2.86. The molecule has 0 aromatic carbocycles. The summed E-state index contributed by atoms with van der Waals surface area (Å²) in [6.07, 6.45) is 1.67. The summed E-state index contributed by atoms with van der Waals surface area (Å²) in [6.45, 7) is 0. The van der Waals surface area contributed by atoms with E-state index in [9.17, 15) is 4.79 Å². The molecule has 0 aliphatic carbocycles. The molecule has 0 radical (unpaired) electrons. The highest BCUT2D eigenvalue weighted by Gasteiger charge is 2.03. The van der Waals surface area contributed by atoms with E-state index in [4.69, 9.17) is 11.6 Å². The van der Waals surface area contributed by atoms with Crippen LogP contribution in [-0.2, 0) is 0 Å². The molecule has 2 heterocycles. The van der Waals surface area contributed by atoms with Crippen LogP contribution >= 0.6 is 11.6 Å². The minimum atomic E-state index is -0.550. The number of halogens is 1. The predicted octanol–water partition coefficient (Wildman–Crippen LogP) is 2.01. The van der Waals surface area contributed by atoms with E-state index in [2.05, 4.69) is 9.97 Å². The summed E-state index contributed by atoms with van der Waals surface area (Å²) in [4.78, 5) is 18.9. The van der Waals surface area contributed by atoms with Crippen molar-refractivity contribution in [3.63, 3.8) is 0 Å². The molecule has 2 aromatic rings. The smallest absolute Gasteiger partial charge is 0.270 e. The lowest BCUT2D eigenvalue weighted by atomic mass is 10.3. The minimum Gasteiger partial charge on any atom is -0.274 e. The van der Waals surface area contributed by atoms with Crippen molar-refractivity contribution in [2.45, 2.75) is 0 Å². The molecule has 13 heavy (non-hydrogen) atoms. The van der Waals surface area contributed by atoms with Crippen molar-refractivity contribution < 1.29 is 4.79 Å². The first-order valence-electron chi connectivity index (χ1n) is 3.69. The van der Waals surface area contributed by atoms with Crippen LogP contribution in [0.5, 0.6) is 0 Å². The Labute approximate surface area is 79.4 Å². The monoisotopic (exact) mass is 192 g/mol. The number of nitrogens with zero attached hydrogens (tertiary/aromatic N) is 2. The van der Waals surface area contributed by atoms with Crippen molar-refractivity contribution in [3.05, 3.63) is 36.2 Å². The molecule has 0 unspecified atom stereocenters. The van der Waals surface area contributed by atoms with Crippen molar-refractivity contribution in [2.75, 3.05) is 0 Å². The molecule has 64 valence electrons. The number of hydrogen-bond acceptors (Lipinski definition) is 3. The third-order valence-corrected chi connectivity index (χ3v) is 1.85. The molecule has 4 heteroatoms. The van der Waals surface area contributed by atoms with Gasteiger partial charge in [0.2, 0.25) is 0 Å². The maximum absolute atomic E-state index is 10.8. The van der Waals surface area contributed by atoms with Gasteiger partial charge in [0.25, 0.3) is 5.24 Å². The van der Waals surface area contributed by atoms with Gasteiger partial charge in [-0.2, -0.15) is 0 Å². The lowest BCUT2D eigenvalue weighted by Crippen LogP contribution is -1.94. The van der Waals surface area contributed by atoms with Crippen molar-refractivity contribution in [3.8, 4) is 0 Å². The van der Waals surface area contributed by atoms with Gasteiger partial charge in [-0.15, -0.1) is 0 Å². The van der Waals surface area contributed by atoms with Gasteiger partial charge in [-0.05, 0) is 35.9 Å². The SMILES string of the molecule is O=C(Cl)c1ccc2ncccc2n1. The van der Waals surface area contributed by atoms with E-state index in [1.54, 1.807) is 30.5 Å². The second kappa shape index (κ2) is 3.11. The Morgan fingerprint density at radius 3 is 2.85 bits per heavy atom. The van der Waals surface area contributed by atoms with E-state index >= 15 is 0 Å². The standard InChI is InChI=1S/C9H5ClN2O/c10-9(13)8-4-3-6-7(12-8)2-1-5-11-6/h1-5H. The normalized spacial score (nSPS) is 10.2. The third kappa shape index (κ3) is 1.51. The molecule has 0 saturated carbocycles. The van der Waals surface area contributed by atoms with Crippen LogP contribution in [0.15, 0.2) is 30.5 Å². The van der Waals surface area contributed by atoms with Crippen LogP contribution < -0.4 is 0 Å². The first kappa shape index (κ1) is 8.13. The van der Waals surface area contributed by atoms with Crippen molar-refractivity contribution in [2.24, 2.45) is 0 Å². The Morgan fingerprint density at radius 2 is 2.08 bits per heavy atom. The van der Waals surface area contributed by atoms with Gasteiger partial charge in [-0.1, -0.05) is 0 Å². The number of carbonyl (C=O) groups excluding carboxylic acids is 1. The molecule has 0 N–H and O–H groups in total. The Kier molecular flexibility index (Phi) is 1.94. The third-order valence-electron chi connectivity index (χ3n) is 1.66. The number of pyridine rings is 2. The maximum atomic E-state index is 10.8. The second-order valence-electron chi connectivity index (χ2n) is 2.51. The Balaban J connectivity index is 2.69. The van der Waals surface area contributed by atoms with Crippen molar-refractivity contribution in [1.82, 2.24) is 9.97 Å². The minimum absolute atomic E-state index is 0.252. The molecule has 0 aliphatic rings. The fourth-order valence-electron chi connectivity index (χ4n) is 1.07. The molecule has 0 fully saturated rings. The Morgan fingerprint density at radius 1 is 1.23 bits per heavy atom. The number of rotatable bonds is 1. The quantitative estimate of drug-likeness (QED) is 0.650. The highest BCUT2D eigenvalue weighted by atomic mass is 35.5. The fourth-order valence-corrected chi connectivity index (χ4v) is 1.17. The molecule has 3 nitrogen and oxygen atoms in total. The van der Waals surface area contributed by atoms with Crippen LogP contribution in [0.1, 0.15) is 10.5 Å². The van der Waals surface area contributed by atoms with Crippen LogP contribution in [0.3, 0.4) is 0 Å². The summed E-state index contributed by atoms with van der Waals surface area (Å²) < 4.78 is 0. The van der Waals surface area contributed by atoms with Crippen LogP contribution in [0.2, 0.25) is 0 Å². The molecule has 2 rings (SSSR count). The van der Waals surface area contributed by atoms with Gasteiger partial charge in [0, 0.05) is 6.20 Å². The number of carbonyl (C=O) groups is 1. The van der Waals surface area contributed by atoms with Crippen molar-refractivity contribution >= 4 is 27.9 Å². The van der Waals surface area contributed by atoms with E-state index in [1.807, 2.05) is 0 Å². The molecule has 0 saturated heterocycles. The molecule has 0 atom stereocenters. The van der Waals surface area contributed by atoms with Gasteiger partial charge in [0.1, 0.15) is 5.69 Å². The summed E-state index contributed by atoms with van der Waals surface area (Å²) in [7, 11) is 0. The van der Waals surface area contributed by atoms with Gasteiger partial charge in [-0.3, -0.25) is 9.78 Å². The molecule has 0 amide bonds. The first-order valence-corrected chi connectivity index (χ1v) is 4.07. The molecule has 0 bridgehead atoms. The molecule has 2 aromatic heterocycles. The van der Waals surface area contributed by atoms with E-state index in [0.717, 1.165) is 5.52 Å². The number of fused-ring (bicyclic) bond motifs is 1. The van der Waals surface area contributed by atoms with E-state index in [-0.39, 0.29) is 5.69 Å². The van der Waals surface area contributed by atoms with Crippen molar-refractivity contribution in [1.29, 1.82) is 0 Å². The summed E-state index contributed by atoms with van der Waals surface area (Å²) >= 11 is 5.28. The summed E-state index contributed by atoms with van der Waals surface area (Å²) in [5.74, 6) is 0. The Bertz CT molecular complexity index is 470. The zero-order valence-corrected chi connectivity index (χ0v) is 7.32. The van der Waals surface area contributed by atoms with Gasteiger partial charge >= 0.3 is 0 Å². The maximum Gasteiger partial charge on any atom is 0.270 e. The zero-order valence-electron chi connectivity index (χ0n) is 6.57. The highest BCUT2D eigenvalue weighted by molar-refractivity contribution is 6.67. The van der Waals surface area contributed by atoms with Gasteiger partial charge in [0.05, 0.1) is 11.0 Å². The number of aromatic nitrogens is 2. The number of hydrogen-bond donors (Lipinski definition) is 0. The van der Waals surface area contributed by atoms with E-state index in [1.165, 1.54) is 0 Å². The Hall–Kier alpha value is -1.48. The summed E-state index contributed by atoms with van der Waals surface area (Å²) in [5, 5.41) is -0.550. The van der Waals surface area contributed by atoms with Gasteiger partial charge in [0.15, 0.2) is 0 Å². The van der Waals surface area contributed by atoms with E-state index < -0.39 is 5.24 Å². The van der Waals surface area contributed by atoms with Crippen LogP contribution in [0, 0.1) is 0 Å². The average Bonchev–Trinajstić information content (AvgIpc) is 2.17. The fraction of sp³-hybridized carbons (Fsp3) is 0. The highest BCUT2D eigenvalue weighted by Crippen LogP contribution is 2.09. The van der Waals surface area contributed by atoms with Gasteiger partial charge < -0.3 is 0 Å². The molecule has 0 spiro atoms. The molecular weight excluding hydrogens is 188 g/mol. The van der Waals surface area contributed by atoms with Gasteiger partial charge in [-0.25, -0.2) is 4.98 Å². The lowest BCUT2D eigenvalue weighted by molar-refractivity contribution is 0.107. The lowest BCUT2D eigenvalue weighted by Gasteiger charge is -1.96. The van der Waals surface area contributed by atoms with Crippen LogP contribution in [0.4, 0.5) is 0 Å². The van der Waals surface area contributed by atoms with E-state index in [0.29, 0.717) is 5.52 Å².